The number of anilines is 1. The first-order valence-electron chi connectivity index (χ1n) is 4.99. The van der Waals surface area contributed by atoms with E-state index in [-0.39, 0.29) is 11.9 Å². The second-order valence-corrected chi connectivity index (χ2v) is 3.69. The Bertz CT molecular complexity index is 388. The summed E-state index contributed by atoms with van der Waals surface area (Å²) in [6.07, 6.45) is 2.05. The molecule has 1 fully saturated rings. The van der Waals surface area contributed by atoms with Gasteiger partial charge in [-0.1, -0.05) is 0 Å². The van der Waals surface area contributed by atoms with E-state index in [4.69, 9.17) is 0 Å². The zero-order valence-corrected chi connectivity index (χ0v) is 8.51. The van der Waals surface area contributed by atoms with Crippen molar-refractivity contribution in [3.05, 3.63) is 29.6 Å². The lowest BCUT2D eigenvalue weighted by Gasteiger charge is -2.09. The van der Waals surface area contributed by atoms with Crippen LogP contribution in [0.25, 0.3) is 0 Å². The van der Waals surface area contributed by atoms with E-state index in [9.17, 15) is 9.18 Å². The third kappa shape index (κ3) is 2.26. The van der Waals surface area contributed by atoms with Crippen LogP contribution in [0.3, 0.4) is 0 Å². The molecule has 0 radical (unpaired) electrons. The largest absolute Gasteiger partial charge is 0.387 e. The molecule has 4 heteroatoms. The van der Waals surface area contributed by atoms with Crippen LogP contribution < -0.4 is 10.6 Å². The first kappa shape index (κ1) is 9.96. The first-order valence-corrected chi connectivity index (χ1v) is 4.99. The van der Waals surface area contributed by atoms with Crippen molar-refractivity contribution in [1.82, 2.24) is 5.32 Å². The average Bonchev–Trinajstić information content (AvgIpc) is 3.01. The molecule has 0 aromatic heterocycles. The molecular weight excluding hydrogens is 195 g/mol. The normalized spacial score (nSPS) is 14.8. The van der Waals surface area contributed by atoms with Gasteiger partial charge in [0.05, 0.1) is 5.56 Å². The third-order valence-electron chi connectivity index (χ3n) is 2.41. The molecule has 2 N–H and O–H groups in total. The summed E-state index contributed by atoms with van der Waals surface area (Å²) in [5, 5.41) is 5.70. The number of hydrogen-bond acceptors (Lipinski definition) is 2. The summed E-state index contributed by atoms with van der Waals surface area (Å²) >= 11 is 0. The maximum Gasteiger partial charge on any atom is 0.253 e. The molecule has 0 aliphatic heterocycles. The number of nitrogens with one attached hydrogen (secondary N) is 2. The molecule has 0 saturated heterocycles. The average molecular weight is 208 g/mol. The molecule has 0 heterocycles. The lowest BCUT2D eigenvalue weighted by Crippen LogP contribution is -2.26. The number of benzene rings is 1. The molecule has 1 amide bonds. The number of rotatable bonds is 3. The maximum absolute atomic E-state index is 13.0. The molecule has 1 aromatic carbocycles. The molecule has 0 bridgehead atoms. The monoisotopic (exact) mass is 208 g/mol. The van der Waals surface area contributed by atoms with Crippen molar-refractivity contribution in [2.75, 3.05) is 12.4 Å². The Morgan fingerprint density at radius 1 is 1.47 bits per heavy atom. The summed E-state index contributed by atoms with van der Waals surface area (Å²) in [4.78, 5) is 11.7. The Morgan fingerprint density at radius 3 is 2.80 bits per heavy atom. The Balaban J connectivity index is 2.23. The van der Waals surface area contributed by atoms with E-state index < -0.39 is 5.82 Å². The van der Waals surface area contributed by atoms with Gasteiger partial charge in [0.1, 0.15) is 5.82 Å². The van der Waals surface area contributed by atoms with Crippen LogP contribution in [0.4, 0.5) is 10.1 Å². The van der Waals surface area contributed by atoms with E-state index in [1.54, 1.807) is 13.1 Å². The highest BCUT2D eigenvalue weighted by Gasteiger charge is 2.24. The topological polar surface area (TPSA) is 41.1 Å². The van der Waals surface area contributed by atoms with E-state index in [0.29, 0.717) is 11.3 Å². The summed E-state index contributed by atoms with van der Waals surface area (Å²) < 4.78 is 13.0. The number of carbonyl (C=O) groups excluding carboxylic acids is 1. The number of hydrogen-bond donors (Lipinski definition) is 2. The molecule has 0 spiro atoms. The predicted octanol–water partition coefficient (Wildman–Crippen LogP) is 1.76. The van der Waals surface area contributed by atoms with E-state index >= 15 is 0 Å². The van der Waals surface area contributed by atoms with Crippen LogP contribution in [0.2, 0.25) is 0 Å². The summed E-state index contributed by atoms with van der Waals surface area (Å²) in [5.74, 6) is -0.601. The van der Waals surface area contributed by atoms with Crippen LogP contribution >= 0.6 is 0 Å². The highest BCUT2D eigenvalue weighted by molar-refractivity contribution is 5.99. The minimum Gasteiger partial charge on any atom is -0.387 e. The fraction of sp³-hybridized carbons (Fsp3) is 0.364. The van der Waals surface area contributed by atoms with Gasteiger partial charge in [-0.2, -0.15) is 0 Å². The van der Waals surface area contributed by atoms with Crippen molar-refractivity contribution in [1.29, 1.82) is 0 Å². The van der Waals surface area contributed by atoms with Crippen LogP contribution in [0, 0.1) is 5.82 Å². The molecule has 1 aromatic rings. The van der Waals surface area contributed by atoms with Crippen molar-refractivity contribution in [3.63, 3.8) is 0 Å². The van der Waals surface area contributed by atoms with Gasteiger partial charge in [0, 0.05) is 18.8 Å². The van der Waals surface area contributed by atoms with Gasteiger partial charge in [-0.15, -0.1) is 0 Å². The Hall–Kier alpha value is -1.58. The molecule has 80 valence electrons. The molecule has 0 atom stereocenters. The lowest BCUT2D eigenvalue weighted by molar-refractivity contribution is 0.0951. The summed E-state index contributed by atoms with van der Waals surface area (Å²) in [6, 6.07) is 4.44. The van der Waals surface area contributed by atoms with E-state index in [1.807, 2.05) is 0 Å². The van der Waals surface area contributed by atoms with Gasteiger partial charge >= 0.3 is 0 Å². The van der Waals surface area contributed by atoms with Gasteiger partial charge in [0.15, 0.2) is 0 Å². The summed E-state index contributed by atoms with van der Waals surface area (Å²) in [7, 11) is 1.71. The maximum atomic E-state index is 13.0. The van der Waals surface area contributed by atoms with Crippen LogP contribution in [0.1, 0.15) is 23.2 Å². The highest BCUT2D eigenvalue weighted by Crippen LogP contribution is 2.21. The van der Waals surface area contributed by atoms with Crippen LogP contribution in [0.15, 0.2) is 18.2 Å². The van der Waals surface area contributed by atoms with Gasteiger partial charge in [0.25, 0.3) is 5.91 Å². The fourth-order valence-electron chi connectivity index (χ4n) is 1.41. The molecule has 15 heavy (non-hydrogen) atoms. The fourth-order valence-corrected chi connectivity index (χ4v) is 1.41. The molecule has 1 saturated carbocycles. The molecule has 2 rings (SSSR count). The van der Waals surface area contributed by atoms with Crippen molar-refractivity contribution in [2.24, 2.45) is 0 Å². The van der Waals surface area contributed by atoms with E-state index in [1.165, 1.54) is 12.1 Å². The van der Waals surface area contributed by atoms with Crippen molar-refractivity contribution in [2.45, 2.75) is 18.9 Å². The van der Waals surface area contributed by atoms with Gasteiger partial charge in [-0.05, 0) is 31.0 Å². The van der Waals surface area contributed by atoms with Gasteiger partial charge < -0.3 is 10.6 Å². The number of amides is 1. The minimum atomic E-state index is -0.394. The zero-order valence-electron chi connectivity index (χ0n) is 8.51. The van der Waals surface area contributed by atoms with Gasteiger partial charge in [-0.3, -0.25) is 4.79 Å². The Kier molecular flexibility index (Phi) is 2.58. The number of carbonyl (C=O) groups is 1. The van der Waals surface area contributed by atoms with Crippen molar-refractivity contribution in [3.8, 4) is 0 Å². The van der Waals surface area contributed by atoms with Crippen molar-refractivity contribution < 1.29 is 9.18 Å². The predicted molar refractivity (Wildman–Crippen MR) is 56.4 cm³/mol. The smallest absolute Gasteiger partial charge is 0.253 e. The zero-order chi connectivity index (χ0) is 10.8. The van der Waals surface area contributed by atoms with E-state index in [0.717, 1.165) is 12.8 Å². The minimum absolute atomic E-state index is 0.207. The Labute approximate surface area is 87.7 Å². The second-order valence-electron chi connectivity index (χ2n) is 3.69. The first-order chi connectivity index (χ1) is 7.20. The Morgan fingerprint density at radius 2 is 2.20 bits per heavy atom. The van der Waals surface area contributed by atoms with Crippen LogP contribution in [-0.2, 0) is 0 Å². The third-order valence-corrected chi connectivity index (χ3v) is 2.41. The number of halogens is 1. The van der Waals surface area contributed by atoms with E-state index in [2.05, 4.69) is 10.6 Å². The molecule has 1 aliphatic carbocycles. The lowest BCUT2D eigenvalue weighted by atomic mass is 10.1. The summed E-state index contributed by atoms with van der Waals surface area (Å²) in [5.41, 5.74) is 1.01. The van der Waals surface area contributed by atoms with Crippen LogP contribution in [-0.4, -0.2) is 19.0 Å². The van der Waals surface area contributed by atoms with Gasteiger partial charge in [0.2, 0.25) is 0 Å². The van der Waals surface area contributed by atoms with Gasteiger partial charge in [-0.25, -0.2) is 4.39 Å². The molecule has 1 aliphatic rings. The standard InChI is InChI=1S/C11H13FN2O/c1-13-10-5-2-7(12)6-9(10)11(15)14-8-3-4-8/h2,5-6,8,13H,3-4H2,1H3,(H,14,15). The van der Waals surface area contributed by atoms with Crippen molar-refractivity contribution >= 4 is 11.6 Å². The quantitative estimate of drug-likeness (QED) is 0.794. The molecule has 0 unspecified atom stereocenters. The second kappa shape index (κ2) is 3.88. The van der Waals surface area contributed by atoms with Crippen LogP contribution in [0.5, 0.6) is 0 Å². The summed E-state index contributed by atoms with van der Waals surface area (Å²) in [6.45, 7) is 0. The molecular formula is C11H13FN2O. The SMILES string of the molecule is CNc1ccc(F)cc1C(=O)NC1CC1. The highest BCUT2D eigenvalue weighted by atomic mass is 19.1. The molecule has 3 nitrogen and oxygen atoms in total.